The second kappa shape index (κ2) is 10.7. The molecule has 0 nitrogen and oxygen atoms in total. The molecule has 1 rings (SSSR count). The van der Waals surface area contributed by atoms with Crippen LogP contribution < -0.4 is 0 Å². The summed E-state index contributed by atoms with van der Waals surface area (Å²) in [7, 11) is 0. The van der Waals surface area contributed by atoms with Crippen molar-refractivity contribution in [2.45, 2.75) is 64.2 Å². The normalized spacial score (nSPS) is 13.4. The summed E-state index contributed by atoms with van der Waals surface area (Å²) in [5.74, 6) is 1.05. The lowest BCUT2D eigenvalue weighted by Crippen LogP contribution is -1.83. The molecule has 1 aliphatic rings. The summed E-state index contributed by atoms with van der Waals surface area (Å²) in [5, 5.41) is 0. The van der Waals surface area contributed by atoms with Gasteiger partial charge < -0.3 is 0 Å². The largest absolute Gasteiger partial charge is 0.179 e. The molecule has 0 spiro atoms. The molecule has 0 aliphatic heterocycles. The summed E-state index contributed by atoms with van der Waals surface area (Å²) < 4.78 is 0. The average Bonchev–Trinajstić information content (AvgIpc) is 2.85. The molecule has 1 aliphatic carbocycles. The van der Waals surface area contributed by atoms with Crippen molar-refractivity contribution >= 4 is 12.6 Å². The molecule has 1 heteroatoms. The van der Waals surface area contributed by atoms with E-state index in [9.17, 15) is 0 Å². The highest BCUT2D eigenvalue weighted by molar-refractivity contribution is 7.80. The molecule has 96 valence electrons. The summed E-state index contributed by atoms with van der Waals surface area (Å²) in [6.45, 7) is 0. The molecule has 0 heterocycles. The third-order valence-electron chi connectivity index (χ3n) is 3.27. The minimum Gasteiger partial charge on any atom is -0.179 e. The van der Waals surface area contributed by atoms with E-state index in [2.05, 4.69) is 30.5 Å². The van der Waals surface area contributed by atoms with E-state index in [4.69, 9.17) is 0 Å². The molecule has 0 amide bonds. The molecular weight excluding hydrogens is 224 g/mol. The van der Waals surface area contributed by atoms with Crippen molar-refractivity contribution in [1.82, 2.24) is 0 Å². The van der Waals surface area contributed by atoms with Gasteiger partial charge in [0.2, 0.25) is 0 Å². The van der Waals surface area contributed by atoms with E-state index in [0.717, 1.165) is 5.75 Å². The van der Waals surface area contributed by atoms with Gasteiger partial charge in [0.25, 0.3) is 0 Å². The van der Waals surface area contributed by atoms with Gasteiger partial charge in [-0.25, -0.2) is 0 Å². The fraction of sp³-hybridized carbons (Fsp3) is 0.688. The van der Waals surface area contributed by atoms with Crippen LogP contribution in [0.25, 0.3) is 0 Å². The van der Waals surface area contributed by atoms with Gasteiger partial charge in [0.05, 0.1) is 0 Å². The molecule has 17 heavy (non-hydrogen) atoms. The number of hydrogen-bond acceptors (Lipinski definition) is 1. The Morgan fingerprint density at radius 2 is 1.41 bits per heavy atom. The lowest BCUT2D eigenvalue weighted by Gasteiger charge is -2.02. The highest BCUT2D eigenvalue weighted by atomic mass is 32.1. The zero-order valence-electron chi connectivity index (χ0n) is 11.0. The molecule has 0 atom stereocenters. The van der Waals surface area contributed by atoms with E-state index >= 15 is 0 Å². The Kier molecular flexibility index (Phi) is 9.27. The summed E-state index contributed by atoms with van der Waals surface area (Å²) in [5.41, 5.74) is 4.65. The van der Waals surface area contributed by atoms with Crippen molar-refractivity contribution < 1.29 is 0 Å². The quantitative estimate of drug-likeness (QED) is 0.281. The van der Waals surface area contributed by atoms with Crippen LogP contribution in [-0.2, 0) is 0 Å². The van der Waals surface area contributed by atoms with E-state index in [1.54, 1.807) is 0 Å². The molecule has 0 aromatic carbocycles. The van der Waals surface area contributed by atoms with Gasteiger partial charge in [-0.3, -0.25) is 0 Å². The molecule has 0 bridgehead atoms. The number of hydrogen-bond donors (Lipinski definition) is 1. The number of thiol groups is 1. The lowest BCUT2D eigenvalue weighted by atomic mass is 10.0. The van der Waals surface area contributed by atoms with Gasteiger partial charge in [-0.05, 0) is 36.7 Å². The predicted octanol–water partition coefficient (Wildman–Crippen LogP) is 5.47. The van der Waals surface area contributed by atoms with E-state index in [0.29, 0.717) is 0 Å². The Balaban J connectivity index is 1.75. The van der Waals surface area contributed by atoms with E-state index in [-0.39, 0.29) is 0 Å². The molecule has 0 radical (unpaired) electrons. The second-order valence-corrected chi connectivity index (χ2v) is 5.30. The first-order valence-corrected chi connectivity index (χ1v) is 7.80. The van der Waals surface area contributed by atoms with Gasteiger partial charge in [0, 0.05) is 0 Å². The second-order valence-electron chi connectivity index (χ2n) is 4.85. The summed E-state index contributed by atoms with van der Waals surface area (Å²) in [4.78, 5) is 0. The standard InChI is InChI=1S/C16H26S/c17-15-11-7-5-3-1-2-4-6-8-12-16-13-9-10-14-16/h9-10,13,17H,1-8,11-12,15H2. The van der Waals surface area contributed by atoms with Crippen LogP contribution in [0.1, 0.15) is 64.2 Å². The van der Waals surface area contributed by atoms with Gasteiger partial charge in [0.1, 0.15) is 0 Å². The molecule has 0 saturated heterocycles. The molecule has 0 aromatic rings. The number of unbranched alkanes of at least 4 members (excludes halogenated alkanes) is 8. The van der Waals surface area contributed by atoms with Crippen molar-refractivity contribution in [3.63, 3.8) is 0 Å². The molecule has 0 fully saturated rings. The van der Waals surface area contributed by atoms with Crippen LogP contribution >= 0.6 is 12.6 Å². The molecule has 0 saturated carbocycles. The maximum Gasteiger partial charge on any atom is -0.00601 e. The molecular formula is C16H26S. The van der Waals surface area contributed by atoms with Crippen LogP contribution in [0.2, 0.25) is 0 Å². The minimum atomic E-state index is 1.05. The van der Waals surface area contributed by atoms with Crippen LogP contribution in [0, 0.1) is 0 Å². The van der Waals surface area contributed by atoms with Crippen molar-refractivity contribution in [3.8, 4) is 0 Å². The first-order valence-electron chi connectivity index (χ1n) is 7.16. The van der Waals surface area contributed by atoms with Gasteiger partial charge in [0.15, 0.2) is 0 Å². The maximum atomic E-state index is 4.23. The minimum absolute atomic E-state index is 1.05. The van der Waals surface area contributed by atoms with Gasteiger partial charge in [-0.2, -0.15) is 12.6 Å². The van der Waals surface area contributed by atoms with Crippen molar-refractivity contribution in [3.05, 3.63) is 29.5 Å². The first kappa shape index (κ1) is 14.7. The maximum absolute atomic E-state index is 4.23. The smallest absolute Gasteiger partial charge is 0.00601 e. The van der Waals surface area contributed by atoms with E-state index < -0.39 is 0 Å². The topological polar surface area (TPSA) is 0 Å². The molecule has 0 aromatic heterocycles. The van der Waals surface area contributed by atoms with Gasteiger partial charge in [-0.1, -0.05) is 57.1 Å². The lowest BCUT2D eigenvalue weighted by molar-refractivity contribution is 0.566. The Morgan fingerprint density at radius 1 is 0.824 bits per heavy atom. The third kappa shape index (κ3) is 8.35. The monoisotopic (exact) mass is 250 g/mol. The van der Waals surface area contributed by atoms with Crippen molar-refractivity contribution in [2.24, 2.45) is 0 Å². The highest BCUT2D eigenvalue weighted by Gasteiger charge is 1.96. The van der Waals surface area contributed by atoms with Crippen LogP contribution in [0.15, 0.2) is 29.5 Å². The number of allylic oxidation sites excluding steroid dienone is 3. The van der Waals surface area contributed by atoms with Crippen LogP contribution in [0.5, 0.6) is 0 Å². The first-order chi connectivity index (χ1) is 8.43. The van der Waals surface area contributed by atoms with Gasteiger partial charge in [-0.15, -0.1) is 5.73 Å². The fourth-order valence-corrected chi connectivity index (χ4v) is 2.41. The number of rotatable bonds is 11. The molecule has 0 unspecified atom stereocenters. The van der Waals surface area contributed by atoms with E-state index in [1.807, 2.05) is 6.08 Å². The predicted molar refractivity (Wildman–Crippen MR) is 80.8 cm³/mol. The Morgan fingerprint density at radius 3 is 1.94 bits per heavy atom. The Bertz CT molecular complexity index is 269. The average molecular weight is 250 g/mol. The Labute approximate surface area is 112 Å². The zero-order chi connectivity index (χ0) is 12.2. The van der Waals surface area contributed by atoms with Crippen LogP contribution in [0.4, 0.5) is 0 Å². The van der Waals surface area contributed by atoms with Crippen LogP contribution in [0.3, 0.4) is 0 Å². The summed E-state index contributed by atoms with van der Waals surface area (Å²) in [6, 6.07) is 0. The van der Waals surface area contributed by atoms with Crippen molar-refractivity contribution in [2.75, 3.05) is 5.75 Å². The SMILES string of the molecule is SCCCCCCCCCCCC1=C=CC=C1. The zero-order valence-corrected chi connectivity index (χ0v) is 11.9. The van der Waals surface area contributed by atoms with Gasteiger partial charge >= 0.3 is 0 Å². The summed E-state index contributed by atoms with van der Waals surface area (Å²) in [6.07, 6.45) is 20.0. The van der Waals surface area contributed by atoms with E-state index in [1.165, 1.54) is 69.8 Å². The fourth-order valence-electron chi connectivity index (χ4n) is 2.19. The highest BCUT2D eigenvalue weighted by Crippen LogP contribution is 2.15. The van der Waals surface area contributed by atoms with Crippen molar-refractivity contribution in [1.29, 1.82) is 0 Å². The van der Waals surface area contributed by atoms with Crippen LogP contribution in [-0.4, -0.2) is 5.75 Å². The third-order valence-corrected chi connectivity index (χ3v) is 3.58. The summed E-state index contributed by atoms with van der Waals surface area (Å²) >= 11 is 4.23. The molecule has 0 N–H and O–H groups in total. The Hall–Kier alpha value is -0.390.